The molecule has 1 aromatic heterocycles. The van der Waals surface area contributed by atoms with E-state index in [-0.39, 0.29) is 11.9 Å². The van der Waals surface area contributed by atoms with Gasteiger partial charge in [0, 0.05) is 16.0 Å². The van der Waals surface area contributed by atoms with E-state index in [0.717, 1.165) is 12.8 Å². The summed E-state index contributed by atoms with van der Waals surface area (Å²) in [6.07, 6.45) is 4.78. The molecular weight excluding hydrogens is 396 g/mol. The average molecular weight is 421 g/mol. The summed E-state index contributed by atoms with van der Waals surface area (Å²) in [5.74, 6) is 1.16. The molecule has 2 aromatic carbocycles. The summed E-state index contributed by atoms with van der Waals surface area (Å²) in [4.78, 5) is 25.3. The summed E-state index contributed by atoms with van der Waals surface area (Å²) in [6, 6.07) is 17.9. The van der Waals surface area contributed by atoms with Crippen molar-refractivity contribution >= 4 is 23.2 Å². The van der Waals surface area contributed by atoms with Crippen LogP contribution in [0.3, 0.4) is 0 Å². The van der Waals surface area contributed by atoms with Crippen LogP contribution in [0.5, 0.6) is 11.5 Å². The molecule has 5 nitrogen and oxygen atoms in total. The Morgan fingerprint density at radius 3 is 2.07 bits per heavy atom. The van der Waals surface area contributed by atoms with Crippen LogP contribution in [-0.2, 0) is 0 Å². The van der Waals surface area contributed by atoms with E-state index in [2.05, 4.69) is 16.8 Å². The molecule has 1 aliphatic rings. The van der Waals surface area contributed by atoms with Gasteiger partial charge in [0.05, 0.1) is 6.04 Å². The van der Waals surface area contributed by atoms with Gasteiger partial charge in [-0.05, 0) is 78.7 Å². The highest BCUT2D eigenvalue weighted by molar-refractivity contribution is 7.10. The van der Waals surface area contributed by atoms with Crippen molar-refractivity contribution in [2.45, 2.75) is 31.7 Å². The number of hydrogen-bond donors (Lipinski definition) is 2. The first-order valence-corrected chi connectivity index (χ1v) is 11.0. The summed E-state index contributed by atoms with van der Waals surface area (Å²) >= 11 is 1.70. The Morgan fingerprint density at radius 1 is 0.933 bits per heavy atom. The highest BCUT2D eigenvalue weighted by atomic mass is 32.1. The van der Waals surface area contributed by atoms with Gasteiger partial charge in [0.2, 0.25) is 5.91 Å². The van der Waals surface area contributed by atoms with Crippen molar-refractivity contribution in [3.05, 3.63) is 82.0 Å². The van der Waals surface area contributed by atoms with Crippen LogP contribution < -0.4 is 15.8 Å². The molecule has 154 valence electrons. The standard InChI is InChI=1S/C24H24N2O3S/c25-23(27)17-7-11-19(12-8-17)29-20-13-9-18(10-14-20)24(28)26-22(16-4-1-2-5-16)21-6-3-15-30-21/h3,6-16,22H,1-2,4-5H2,(H2,25,27)(H,26,28). The van der Waals surface area contributed by atoms with E-state index in [4.69, 9.17) is 10.5 Å². The lowest BCUT2D eigenvalue weighted by Crippen LogP contribution is -2.32. The molecule has 0 saturated heterocycles. The molecule has 0 bridgehead atoms. The summed E-state index contributed by atoms with van der Waals surface area (Å²) in [7, 11) is 0. The number of carbonyl (C=O) groups excluding carboxylic acids is 2. The molecule has 0 spiro atoms. The summed E-state index contributed by atoms with van der Waals surface area (Å²) in [6.45, 7) is 0. The Labute approximate surface area is 179 Å². The van der Waals surface area contributed by atoms with Gasteiger partial charge in [0.15, 0.2) is 0 Å². The Morgan fingerprint density at radius 2 is 1.53 bits per heavy atom. The average Bonchev–Trinajstić information content (AvgIpc) is 3.47. The van der Waals surface area contributed by atoms with Crippen molar-refractivity contribution in [2.75, 3.05) is 0 Å². The lowest BCUT2D eigenvalue weighted by Gasteiger charge is -2.24. The van der Waals surface area contributed by atoms with Crippen molar-refractivity contribution in [1.82, 2.24) is 5.32 Å². The van der Waals surface area contributed by atoms with Gasteiger partial charge in [-0.1, -0.05) is 18.9 Å². The number of benzene rings is 2. The maximum absolute atomic E-state index is 12.9. The third kappa shape index (κ3) is 4.71. The number of hydrogen-bond acceptors (Lipinski definition) is 4. The molecule has 1 aliphatic carbocycles. The van der Waals surface area contributed by atoms with E-state index in [9.17, 15) is 9.59 Å². The van der Waals surface area contributed by atoms with Crippen molar-refractivity contribution < 1.29 is 14.3 Å². The predicted molar refractivity (Wildman–Crippen MR) is 118 cm³/mol. The highest BCUT2D eigenvalue weighted by Gasteiger charge is 2.28. The van der Waals surface area contributed by atoms with E-state index >= 15 is 0 Å². The minimum absolute atomic E-state index is 0.0692. The molecule has 0 radical (unpaired) electrons. The largest absolute Gasteiger partial charge is 0.457 e. The van der Waals surface area contributed by atoms with Gasteiger partial charge in [0.1, 0.15) is 11.5 Å². The molecule has 30 heavy (non-hydrogen) atoms. The first-order valence-electron chi connectivity index (χ1n) is 10.1. The number of carbonyl (C=O) groups is 2. The quantitative estimate of drug-likeness (QED) is 0.544. The van der Waals surface area contributed by atoms with E-state index in [1.165, 1.54) is 17.7 Å². The zero-order valence-corrected chi connectivity index (χ0v) is 17.4. The number of nitrogens with two attached hydrogens (primary N) is 1. The van der Waals surface area contributed by atoms with E-state index in [1.54, 1.807) is 59.9 Å². The topological polar surface area (TPSA) is 81.4 Å². The molecule has 3 aromatic rings. The van der Waals surface area contributed by atoms with Crippen LogP contribution in [-0.4, -0.2) is 11.8 Å². The fourth-order valence-electron chi connectivity index (χ4n) is 3.90. The smallest absolute Gasteiger partial charge is 0.251 e. The van der Waals surface area contributed by atoms with Crippen LogP contribution in [0.1, 0.15) is 57.3 Å². The molecule has 2 amide bonds. The lowest BCUT2D eigenvalue weighted by atomic mass is 9.96. The summed E-state index contributed by atoms with van der Waals surface area (Å²) in [5, 5.41) is 5.31. The Kier molecular flexibility index (Phi) is 6.14. The first kappa shape index (κ1) is 20.2. The van der Waals surface area contributed by atoms with Crippen molar-refractivity contribution in [3.63, 3.8) is 0 Å². The fraction of sp³-hybridized carbons (Fsp3) is 0.250. The molecule has 0 aliphatic heterocycles. The molecule has 3 N–H and O–H groups in total. The molecule has 1 heterocycles. The van der Waals surface area contributed by atoms with Gasteiger partial charge >= 0.3 is 0 Å². The van der Waals surface area contributed by atoms with Crippen molar-refractivity contribution in [2.24, 2.45) is 11.7 Å². The maximum Gasteiger partial charge on any atom is 0.251 e. The molecule has 1 saturated carbocycles. The van der Waals surface area contributed by atoms with Crippen molar-refractivity contribution in [1.29, 1.82) is 0 Å². The molecule has 1 fully saturated rings. The number of primary amides is 1. The van der Waals surface area contributed by atoms with E-state index in [0.29, 0.717) is 28.5 Å². The minimum atomic E-state index is -0.477. The van der Waals surface area contributed by atoms with Crippen molar-refractivity contribution in [3.8, 4) is 11.5 Å². The van der Waals surface area contributed by atoms with Gasteiger partial charge in [0.25, 0.3) is 5.91 Å². The number of thiophene rings is 1. The van der Waals surface area contributed by atoms with Crippen LogP contribution in [0.25, 0.3) is 0 Å². The predicted octanol–water partition coefficient (Wildman–Crippen LogP) is 5.30. The number of nitrogens with one attached hydrogen (secondary N) is 1. The van der Waals surface area contributed by atoms with Crippen LogP contribution in [0.15, 0.2) is 66.0 Å². The monoisotopic (exact) mass is 420 g/mol. The highest BCUT2D eigenvalue weighted by Crippen LogP contribution is 2.37. The van der Waals surface area contributed by atoms with Gasteiger partial charge in [-0.25, -0.2) is 0 Å². The summed E-state index contributed by atoms with van der Waals surface area (Å²) in [5.41, 5.74) is 6.28. The third-order valence-corrected chi connectivity index (χ3v) is 6.45. The zero-order valence-electron chi connectivity index (χ0n) is 16.5. The number of rotatable bonds is 7. The second-order valence-electron chi connectivity index (χ2n) is 7.53. The Bertz CT molecular complexity index is 992. The van der Waals surface area contributed by atoms with Gasteiger partial charge in [-0.15, -0.1) is 11.3 Å². The molecular formula is C24H24N2O3S. The zero-order chi connectivity index (χ0) is 20.9. The Balaban J connectivity index is 1.42. The maximum atomic E-state index is 12.9. The third-order valence-electron chi connectivity index (χ3n) is 5.50. The first-order chi connectivity index (χ1) is 14.6. The van der Waals surface area contributed by atoms with E-state index in [1.807, 2.05) is 6.07 Å². The van der Waals surface area contributed by atoms with Gasteiger partial charge < -0.3 is 15.8 Å². The van der Waals surface area contributed by atoms with Crippen LogP contribution in [0.4, 0.5) is 0 Å². The van der Waals surface area contributed by atoms with Gasteiger partial charge in [-0.3, -0.25) is 9.59 Å². The fourth-order valence-corrected chi connectivity index (χ4v) is 4.77. The van der Waals surface area contributed by atoms with Crippen LogP contribution in [0.2, 0.25) is 0 Å². The molecule has 6 heteroatoms. The second kappa shape index (κ2) is 9.13. The Hall–Kier alpha value is -3.12. The van der Waals surface area contributed by atoms with Crippen LogP contribution >= 0.6 is 11.3 Å². The second-order valence-corrected chi connectivity index (χ2v) is 8.51. The van der Waals surface area contributed by atoms with Gasteiger partial charge in [-0.2, -0.15) is 0 Å². The lowest BCUT2D eigenvalue weighted by molar-refractivity contribution is 0.0922. The minimum Gasteiger partial charge on any atom is -0.457 e. The molecule has 1 atom stereocenters. The normalized spacial score (nSPS) is 14.9. The van der Waals surface area contributed by atoms with E-state index < -0.39 is 5.91 Å². The number of ether oxygens (including phenoxy) is 1. The summed E-state index contributed by atoms with van der Waals surface area (Å²) < 4.78 is 5.79. The van der Waals surface area contributed by atoms with Crippen LogP contribution in [0, 0.1) is 5.92 Å². The molecule has 1 unspecified atom stereocenters. The SMILES string of the molecule is NC(=O)c1ccc(Oc2ccc(C(=O)NC(c3cccs3)C3CCCC3)cc2)cc1. The number of amides is 2. The molecule has 4 rings (SSSR count).